The lowest BCUT2D eigenvalue weighted by Gasteiger charge is -2.02. The van der Waals surface area contributed by atoms with Crippen LogP contribution in [0.15, 0.2) is 48.7 Å². The molecular weight excluding hydrogens is 148 g/mol. The minimum atomic E-state index is 0.722. The summed E-state index contributed by atoms with van der Waals surface area (Å²) < 4.78 is 0. The molecule has 0 spiro atoms. The first-order valence-corrected chi connectivity index (χ1v) is 3.81. The summed E-state index contributed by atoms with van der Waals surface area (Å²) in [7, 11) is 1.87. The Bertz CT molecular complexity index is 212. The van der Waals surface area contributed by atoms with Crippen LogP contribution in [-0.2, 0) is 0 Å². The van der Waals surface area contributed by atoms with Gasteiger partial charge in [-0.3, -0.25) is 0 Å². The SMILES string of the molecule is C=C/C=C\C(N)=C(/C=C)CNC. The van der Waals surface area contributed by atoms with Crippen molar-refractivity contribution >= 4 is 0 Å². The maximum atomic E-state index is 5.73. The zero-order valence-corrected chi connectivity index (χ0v) is 7.51. The maximum Gasteiger partial charge on any atom is 0.0359 e. The van der Waals surface area contributed by atoms with Crippen molar-refractivity contribution in [2.75, 3.05) is 13.6 Å². The Balaban J connectivity index is 4.46. The molecule has 0 bridgehead atoms. The van der Waals surface area contributed by atoms with Crippen LogP contribution in [0.4, 0.5) is 0 Å². The van der Waals surface area contributed by atoms with Crippen molar-refractivity contribution in [3.8, 4) is 0 Å². The first kappa shape index (κ1) is 10.7. The van der Waals surface area contributed by atoms with E-state index >= 15 is 0 Å². The lowest BCUT2D eigenvalue weighted by molar-refractivity contribution is 0.888. The Morgan fingerprint density at radius 3 is 2.58 bits per heavy atom. The van der Waals surface area contributed by atoms with Crippen molar-refractivity contribution in [2.45, 2.75) is 0 Å². The van der Waals surface area contributed by atoms with E-state index in [2.05, 4.69) is 18.5 Å². The van der Waals surface area contributed by atoms with Gasteiger partial charge in [-0.15, -0.1) is 0 Å². The average molecular weight is 164 g/mol. The molecule has 0 atom stereocenters. The van der Waals surface area contributed by atoms with Gasteiger partial charge < -0.3 is 11.1 Å². The van der Waals surface area contributed by atoms with Crippen molar-refractivity contribution in [3.05, 3.63) is 48.7 Å². The van der Waals surface area contributed by atoms with Gasteiger partial charge in [0, 0.05) is 12.2 Å². The fourth-order valence-corrected chi connectivity index (χ4v) is 0.761. The summed E-state index contributed by atoms with van der Waals surface area (Å²) in [5.74, 6) is 0. The number of allylic oxidation sites excluding steroid dienone is 3. The topological polar surface area (TPSA) is 38.0 Å². The monoisotopic (exact) mass is 164 g/mol. The van der Waals surface area contributed by atoms with Gasteiger partial charge in [0.15, 0.2) is 0 Å². The molecule has 2 heteroatoms. The van der Waals surface area contributed by atoms with Crippen molar-refractivity contribution in [3.63, 3.8) is 0 Å². The van der Waals surface area contributed by atoms with Gasteiger partial charge in [-0.1, -0.05) is 31.4 Å². The summed E-state index contributed by atoms with van der Waals surface area (Å²) in [6.45, 7) is 7.96. The molecule has 3 N–H and O–H groups in total. The molecule has 0 fully saturated rings. The van der Waals surface area contributed by atoms with Gasteiger partial charge in [0.25, 0.3) is 0 Å². The Kier molecular flexibility index (Phi) is 5.75. The molecule has 0 radical (unpaired) electrons. The first-order valence-electron chi connectivity index (χ1n) is 3.81. The summed E-state index contributed by atoms with van der Waals surface area (Å²) in [6.07, 6.45) is 7.04. The molecule has 0 saturated carbocycles. The summed E-state index contributed by atoms with van der Waals surface area (Å²) in [5.41, 5.74) is 7.45. The minimum Gasteiger partial charge on any atom is -0.398 e. The van der Waals surface area contributed by atoms with Crippen molar-refractivity contribution < 1.29 is 0 Å². The highest BCUT2D eigenvalue weighted by molar-refractivity contribution is 5.32. The number of hydrogen-bond donors (Lipinski definition) is 2. The highest BCUT2D eigenvalue weighted by Crippen LogP contribution is 2.00. The van der Waals surface area contributed by atoms with Gasteiger partial charge in [-0.2, -0.15) is 0 Å². The van der Waals surface area contributed by atoms with Crippen LogP contribution in [0.3, 0.4) is 0 Å². The molecule has 0 aromatic heterocycles. The van der Waals surface area contributed by atoms with E-state index in [-0.39, 0.29) is 0 Å². The lowest BCUT2D eigenvalue weighted by atomic mass is 10.2. The molecule has 0 aromatic rings. The van der Waals surface area contributed by atoms with E-state index in [9.17, 15) is 0 Å². The third-order valence-electron chi connectivity index (χ3n) is 1.40. The first-order chi connectivity index (χ1) is 5.76. The predicted molar refractivity (Wildman–Crippen MR) is 54.7 cm³/mol. The second-order valence-corrected chi connectivity index (χ2v) is 2.31. The smallest absolute Gasteiger partial charge is 0.0359 e. The molecule has 0 heterocycles. The molecule has 0 saturated heterocycles. The van der Waals surface area contributed by atoms with Crippen LogP contribution in [0, 0.1) is 0 Å². The van der Waals surface area contributed by atoms with Crippen LogP contribution < -0.4 is 11.1 Å². The number of likely N-dealkylation sites (N-methyl/N-ethyl adjacent to an activating group) is 1. The van der Waals surface area contributed by atoms with Crippen LogP contribution in [0.2, 0.25) is 0 Å². The molecule has 66 valence electrons. The highest BCUT2D eigenvalue weighted by atomic mass is 14.8. The molecule has 12 heavy (non-hydrogen) atoms. The van der Waals surface area contributed by atoms with Crippen molar-refractivity contribution in [2.24, 2.45) is 5.73 Å². The van der Waals surface area contributed by atoms with Crippen LogP contribution >= 0.6 is 0 Å². The fraction of sp³-hybridized carbons (Fsp3) is 0.200. The standard InChI is InChI=1S/C10H16N2/c1-4-6-7-10(11)9(5-2)8-12-3/h4-7,12H,1-2,8,11H2,3H3/b7-6-,10-9-. The van der Waals surface area contributed by atoms with Gasteiger partial charge in [0.2, 0.25) is 0 Å². The molecule has 0 aliphatic rings. The second kappa shape index (κ2) is 6.43. The van der Waals surface area contributed by atoms with E-state index in [0.717, 1.165) is 17.8 Å². The third-order valence-corrected chi connectivity index (χ3v) is 1.40. The van der Waals surface area contributed by atoms with Crippen LogP contribution in [0.25, 0.3) is 0 Å². The molecule has 0 rings (SSSR count). The van der Waals surface area contributed by atoms with E-state index in [0.29, 0.717) is 0 Å². The Hall–Kier alpha value is -1.28. The molecule has 0 aliphatic heterocycles. The number of hydrogen-bond acceptors (Lipinski definition) is 2. The van der Waals surface area contributed by atoms with Gasteiger partial charge >= 0.3 is 0 Å². The molecule has 0 unspecified atom stereocenters. The van der Waals surface area contributed by atoms with E-state index in [1.807, 2.05) is 7.05 Å². The van der Waals surface area contributed by atoms with Gasteiger partial charge in [-0.05, 0) is 18.7 Å². The van der Waals surface area contributed by atoms with E-state index < -0.39 is 0 Å². The van der Waals surface area contributed by atoms with Crippen LogP contribution in [-0.4, -0.2) is 13.6 Å². The van der Waals surface area contributed by atoms with Gasteiger partial charge in [0.05, 0.1) is 0 Å². The molecular formula is C10H16N2. The third kappa shape index (κ3) is 3.78. The summed E-state index contributed by atoms with van der Waals surface area (Å²) >= 11 is 0. The highest BCUT2D eigenvalue weighted by Gasteiger charge is 1.93. The number of nitrogens with two attached hydrogens (primary N) is 1. The maximum absolute atomic E-state index is 5.73. The quantitative estimate of drug-likeness (QED) is 0.602. The zero-order valence-electron chi connectivity index (χ0n) is 7.51. The van der Waals surface area contributed by atoms with E-state index in [1.165, 1.54) is 0 Å². The van der Waals surface area contributed by atoms with Gasteiger partial charge in [0.1, 0.15) is 0 Å². The van der Waals surface area contributed by atoms with Crippen LogP contribution in [0.1, 0.15) is 0 Å². The molecule has 0 amide bonds. The molecule has 0 aromatic carbocycles. The average Bonchev–Trinajstić information content (AvgIpc) is 2.10. The summed E-state index contributed by atoms with van der Waals surface area (Å²) in [5, 5.41) is 3.01. The molecule has 2 nitrogen and oxygen atoms in total. The summed E-state index contributed by atoms with van der Waals surface area (Å²) in [4.78, 5) is 0. The van der Waals surface area contributed by atoms with E-state index in [4.69, 9.17) is 5.73 Å². The van der Waals surface area contributed by atoms with Crippen molar-refractivity contribution in [1.82, 2.24) is 5.32 Å². The minimum absolute atomic E-state index is 0.722. The lowest BCUT2D eigenvalue weighted by Crippen LogP contribution is -2.13. The van der Waals surface area contributed by atoms with E-state index in [1.54, 1.807) is 24.3 Å². The number of rotatable bonds is 5. The largest absolute Gasteiger partial charge is 0.398 e. The number of nitrogens with one attached hydrogen (secondary N) is 1. The Labute approximate surface area is 74.2 Å². The zero-order chi connectivity index (χ0) is 9.40. The predicted octanol–water partition coefficient (Wildman–Crippen LogP) is 1.35. The normalized spacial score (nSPS) is 12.8. The van der Waals surface area contributed by atoms with Crippen LogP contribution in [0.5, 0.6) is 0 Å². The fourth-order valence-electron chi connectivity index (χ4n) is 0.761. The van der Waals surface area contributed by atoms with Gasteiger partial charge in [-0.25, -0.2) is 0 Å². The Morgan fingerprint density at radius 1 is 1.50 bits per heavy atom. The second-order valence-electron chi connectivity index (χ2n) is 2.31. The van der Waals surface area contributed by atoms with Crippen molar-refractivity contribution in [1.29, 1.82) is 0 Å². The summed E-state index contributed by atoms with van der Waals surface area (Å²) in [6, 6.07) is 0. The Morgan fingerprint density at radius 2 is 2.17 bits per heavy atom. The molecule has 0 aliphatic carbocycles.